The molecule has 0 aromatic heterocycles. The summed E-state index contributed by atoms with van der Waals surface area (Å²) in [6, 6.07) is 11.1. The van der Waals surface area contributed by atoms with E-state index in [-0.39, 0.29) is 17.6 Å². The van der Waals surface area contributed by atoms with Gasteiger partial charge in [-0.2, -0.15) is 0 Å². The van der Waals surface area contributed by atoms with E-state index < -0.39 is 5.82 Å². The third-order valence-corrected chi connectivity index (χ3v) is 4.63. The summed E-state index contributed by atoms with van der Waals surface area (Å²) in [6.07, 6.45) is 1.98. The summed E-state index contributed by atoms with van der Waals surface area (Å²) in [5.41, 5.74) is 1.59. The van der Waals surface area contributed by atoms with Crippen LogP contribution in [-0.2, 0) is 6.54 Å². The summed E-state index contributed by atoms with van der Waals surface area (Å²) in [6.45, 7) is 2.02. The SMILES string of the molecule is CN=C(NCc1ccc(O)c(F)c1)NC1CCCN(c2cccc(F)c2)C1. The van der Waals surface area contributed by atoms with Crippen molar-refractivity contribution >= 4 is 11.6 Å². The molecule has 1 fully saturated rings. The number of hydrogen-bond acceptors (Lipinski definition) is 3. The Labute approximate surface area is 157 Å². The van der Waals surface area contributed by atoms with Crippen molar-refractivity contribution in [2.75, 3.05) is 25.0 Å². The molecule has 1 atom stereocenters. The Morgan fingerprint density at radius 3 is 2.85 bits per heavy atom. The molecule has 2 aromatic rings. The highest BCUT2D eigenvalue weighted by Gasteiger charge is 2.21. The Balaban J connectivity index is 1.56. The molecule has 1 saturated heterocycles. The van der Waals surface area contributed by atoms with E-state index in [2.05, 4.69) is 20.5 Å². The molecule has 0 saturated carbocycles. The van der Waals surface area contributed by atoms with E-state index in [9.17, 15) is 13.9 Å². The lowest BCUT2D eigenvalue weighted by Gasteiger charge is -2.35. The van der Waals surface area contributed by atoms with Crippen molar-refractivity contribution in [3.63, 3.8) is 0 Å². The number of phenols is 1. The van der Waals surface area contributed by atoms with Crippen LogP contribution in [0.15, 0.2) is 47.5 Å². The Morgan fingerprint density at radius 1 is 1.26 bits per heavy atom. The van der Waals surface area contributed by atoms with Crippen LogP contribution in [0.3, 0.4) is 0 Å². The first-order valence-electron chi connectivity index (χ1n) is 9.00. The molecule has 0 spiro atoms. The Kier molecular flexibility index (Phi) is 6.11. The second kappa shape index (κ2) is 8.70. The highest BCUT2D eigenvalue weighted by Crippen LogP contribution is 2.21. The number of halogens is 2. The third kappa shape index (κ3) is 5.09. The fraction of sp³-hybridized carbons (Fsp3) is 0.350. The van der Waals surface area contributed by atoms with E-state index in [1.807, 2.05) is 6.07 Å². The van der Waals surface area contributed by atoms with Crippen molar-refractivity contribution in [1.29, 1.82) is 0 Å². The van der Waals surface area contributed by atoms with Gasteiger partial charge in [0.25, 0.3) is 0 Å². The molecule has 27 heavy (non-hydrogen) atoms. The van der Waals surface area contributed by atoms with Gasteiger partial charge < -0.3 is 20.6 Å². The number of piperidine rings is 1. The minimum atomic E-state index is -0.643. The van der Waals surface area contributed by atoms with Crippen molar-refractivity contribution in [3.05, 3.63) is 59.7 Å². The number of guanidine groups is 1. The van der Waals surface area contributed by atoms with Crippen molar-refractivity contribution in [3.8, 4) is 5.75 Å². The number of benzene rings is 2. The fourth-order valence-electron chi connectivity index (χ4n) is 3.24. The average molecular weight is 374 g/mol. The van der Waals surface area contributed by atoms with Gasteiger partial charge in [-0.05, 0) is 48.7 Å². The van der Waals surface area contributed by atoms with E-state index in [1.54, 1.807) is 25.2 Å². The van der Waals surface area contributed by atoms with Crippen LogP contribution >= 0.6 is 0 Å². The van der Waals surface area contributed by atoms with Crippen molar-refractivity contribution in [2.24, 2.45) is 4.99 Å². The molecular formula is C20H24F2N4O. The number of aromatic hydroxyl groups is 1. The largest absolute Gasteiger partial charge is 0.505 e. The molecule has 3 rings (SSSR count). The van der Waals surface area contributed by atoms with Gasteiger partial charge in [-0.1, -0.05) is 12.1 Å². The van der Waals surface area contributed by atoms with E-state index in [1.165, 1.54) is 18.2 Å². The van der Waals surface area contributed by atoms with Crippen LogP contribution in [0.2, 0.25) is 0 Å². The summed E-state index contributed by atoms with van der Waals surface area (Å²) in [5, 5.41) is 15.8. The van der Waals surface area contributed by atoms with Gasteiger partial charge in [0.05, 0.1) is 0 Å². The smallest absolute Gasteiger partial charge is 0.191 e. The first-order chi connectivity index (χ1) is 13.0. The number of phenolic OH excluding ortho intramolecular Hbond substituents is 1. The van der Waals surface area contributed by atoms with Crippen molar-refractivity contribution < 1.29 is 13.9 Å². The maximum atomic E-state index is 13.5. The molecule has 144 valence electrons. The van der Waals surface area contributed by atoms with Crippen molar-refractivity contribution in [2.45, 2.75) is 25.4 Å². The van der Waals surface area contributed by atoms with Gasteiger partial charge >= 0.3 is 0 Å². The second-order valence-electron chi connectivity index (χ2n) is 6.62. The second-order valence-corrected chi connectivity index (χ2v) is 6.62. The zero-order valence-corrected chi connectivity index (χ0v) is 15.3. The minimum absolute atomic E-state index is 0.171. The molecule has 0 bridgehead atoms. The molecule has 5 nitrogen and oxygen atoms in total. The van der Waals surface area contributed by atoms with E-state index in [0.29, 0.717) is 18.1 Å². The molecule has 7 heteroatoms. The van der Waals surface area contributed by atoms with Crippen molar-refractivity contribution in [1.82, 2.24) is 10.6 Å². The van der Waals surface area contributed by atoms with Gasteiger partial charge in [0.2, 0.25) is 0 Å². The Morgan fingerprint density at radius 2 is 2.11 bits per heavy atom. The molecule has 1 unspecified atom stereocenters. The van der Waals surface area contributed by atoms with Crippen LogP contribution in [0.4, 0.5) is 14.5 Å². The molecule has 1 aliphatic rings. The first-order valence-corrected chi connectivity index (χ1v) is 9.00. The van der Waals surface area contributed by atoms with Gasteiger partial charge in [-0.15, -0.1) is 0 Å². The van der Waals surface area contributed by atoms with Crippen LogP contribution in [0, 0.1) is 11.6 Å². The summed E-state index contributed by atoms with van der Waals surface area (Å²) in [5.74, 6) is -0.619. The van der Waals surface area contributed by atoms with E-state index >= 15 is 0 Å². The van der Waals surface area contributed by atoms with Gasteiger partial charge in [0.15, 0.2) is 17.5 Å². The predicted molar refractivity (Wildman–Crippen MR) is 103 cm³/mol. The zero-order chi connectivity index (χ0) is 19.2. The molecule has 0 aliphatic carbocycles. The van der Waals surface area contributed by atoms with Gasteiger partial charge in [0.1, 0.15) is 5.82 Å². The number of nitrogens with one attached hydrogen (secondary N) is 2. The quantitative estimate of drug-likeness (QED) is 0.569. The predicted octanol–water partition coefficient (Wildman–Crippen LogP) is 3.00. The molecule has 1 heterocycles. The highest BCUT2D eigenvalue weighted by atomic mass is 19.1. The van der Waals surface area contributed by atoms with Crippen LogP contribution in [0.1, 0.15) is 18.4 Å². The lowest BCUT2D eigenvalue weighted by molar-refractivity contribution is 0.431. The first kappa shape index (κ1) is 18.9. The normalized spacial score (nSPS) is 17.7. The molecular weight excluding hydrogens is 350 g/mol. The van der Waals surface area contributed by atoms with Crippen LogP contribution in [0.25, 0.3) is 0 Å². The number of hydrogen-bond donors (Lipinski definition) is 3. The molecule has 0 radical (unpaired) electrons. The fourth-order valence-corrected chi connectivity index (χ4v) is 3.24. The summed E-state index contributed by atoms with van der Waals surface area (Å²) >= 11 is 0. The van der Waals surface area contributed by atoms with Gasteiger partial charge in [0, 0.05) is 38.4 Å². The maximum absolute atomic E-state index is 13.5. The van der Waals surface area contributed by atoms with E-state index in [4.69, 9.17) is 0 Å². The number of aliphatic imine (C=N–C) groups is 1. The topological polar surface area (TPSA) is 59.9 Å². The molecule has 1 aliphatic heterocycles. The number of rotatable bonds is 4. The molecule has 3 N–H and O–H groups in total. The molecule has 0 amide bonds. The Bertz CT molecular complexity index is 812. The maximum Gasteiger partial charge on any atom is 0.191 e. The van der Waals surface area contributed by atoms with Crippen LogP contribution in [0.5, 0.6) is 5.75 Å². The third-order valence-electron chi connectivity index (χ3n) is 4.63. The summed E-state index contributed by atoms with van der Waals surface area (Å²) in [7, 11) is 1.68. The summed E-state index contributed by atoms with van der Waals surface area (Å²) in [4.78, 5) is 6.38. The molecule has 2 aromatic carbocycles. The number of anilines is 1. The van der Waals surface area contributed by atoms with Crippen LogP contribution in [-0.4, -0.2) is 37.2 Å². The summed E-state index contributed by atoms with van der Waals surface area (Å²) < 4.78 is 26.9. The Hall–Kier alpha value is -2.83. The van der Waals surface area contributed by atoms with Gasteiger partial charge in [-0.25, -0.2) is 8.78 Å². The number of nitrogens with zero attached hydrogens (tertiary/aromatic N) is 2. The highest BCUT2D eigenvalue weighted by molar-refractivity contribution is 5.80. The lowest BCUT2D eigenvalue weighted by atomic mass is 10.0. The zero-order valence-electron chi connectivity index (χ0n) is 15.3. The van der Waals surface area contributed by atoms with Gasteiger partial charge in [-0.3, -0.25) is 4.99 Å². The van der Waals surface area contributed by atoms with Crippen LogP contribution < -0.4 is 15.5 Å². The van der Waals surface area contributed by atoms with E-state index in [0.717, 1.165) is 31.6 Å². The average Bonchev–Trinajstić information content (AvgIpc) is 2.68. The minimum Gasteiger partial charge on any atom is -0.505 e. The lowest BCUT2D eigenvalue weighted by Crippen LogP contribution is -2.51. The standard InChI is InChI=1S/C20H24F2N4O/c1-23-20(24-12-14-7-8-19(27)18(22)10-14)25-16-5-3-9-26(13-16)17-6-2-4-15(21)11-17/h2,4,6-8,10-11,16,27H,3,5,9,12-13H2,1H3,(H2,23,24,25). The monoisotopic (exact) mass is 374 g/mol.